The lowest BCUT2D eigenvalue weighted by molar-refractivity contribution is 0.0932. The lowest BCUT2D eigenvalue weighted by Crippen LogP contribution is -2.33. The molecule has 1 unspecified atom stereocenters. The van der Waals surface area contributed by atoms with E-state index < -0.39 is 0 Å². The molecule has 38 heavy (non-hydrogen) atoms. The molecule has 0 radical (unpaired) electrons. The van der Waals surface area contributed by atoms with Crippen LogP contribution >= 0.6 is 34.7 Å². The minimum absolute atomic E-state index is 0.0970. The molecule has 0 aliphatic rings. The molecule has 3 aromatic heterocycles. The van der Waals surface area contributed by atoms with E-state index in [1.165, 1.54) is 23.1 Å². The molecule has 0 bridgehead atoms. The fourth-order valence-electron chi connectivity index (χ4n) is 4.03. The fraction of sp³-hybridized carbons (Fsp3) is 0.370. The zero-order valence-corrected chi connectivity index (χ0v) is 24.2. The van der Waals surface area contributed by atoms with Crippen LogP contribution in [0.2, 0.25) is 5.02 Å². The molecule has 0 aliphatic carbocycles. The zero-order valence-electron chi connectivity index (χ0n) is 21.8. The summed E-state index contributed by atoms with van der Waals surface area (Å²) in [4.78, 5) is 24.0. The molecule has 1 aromatic carbocycles. The van der Waals surface area contributed by atoms with Crippen molar-refractivity contribution in [1.29, 1.82) is 0 Å². The third kappa shape index (κ3) is 7.41. The predicted octanol–water partition coefficient (Wildman–Crippen LogP) is 5.97. The van der Waals surface area contributed by atoms with Crippen molar-refractivity contribution < 1.29 is 4.79 Å². The average Bonchev–Trinajstić information content (AvgIpc) is 3.58. The van der Waals surface area contributed by atoms with Crippen LogP contribution in [0.4, 0.5) is 0 Å². The monoisotopic (exact) mass is 569 g/mol. The number of amides is 1. The van der Waals surface area contributed by atoms with Gasteiger partial charge in [-0.25, -0.2) is 4.98 Å². The van der Waals surface area contributed by atoms with Crippen molar-refractivity contribution in [1.82, 2.24) is 34.9 Å². The van der Waals surface area contributed by atoms with Crippen LogP contribution in [0, 0.1) is 0 Å². The van der Waals surface area contributed by atoms with Crippen molar-refractivity contribution in [3.05, 3.63) is 69.9 Å². The molecule has 200 valence electrons. The van der Waals surface area contributed by atoms with Gasteiger partial charge < -0.3 is 10.2 Å². The number of nitrogens with one attached hydrogen (secondary N) is 1. The van der Waals surface area contributed by atoms with Crippen molar-refractivity contribution >= 4 is 40.6 Å². The second-order valence-corrected chi connectivity index (χ2v) is 11.1. The number of rotatable bonds is 13. The summed E-state index contributed by atoms with van der Waals surface area (Å²) in [7, 11) is 0. The van der Waals surface area contributed by atoms with Crippen molar-refractivity contribution in [2.24, 2.45) is 0 Å². The third-order valence-corrected chi connectivity index (χ3v) is 8.32. The van der Waals surface area contributed by atoms with Crippen molar-refractivity contribution in [3.63, 3.8) is 0 Å². The highest BCUT2D eigenvalue weighted by Crippen LogP contribution is 2.31. The first-order valence-corrected chi connectivity index (χ1v) is 14.9. The third-order valence-electron chi connectivity index (χ3n) is 6.11. The van der Waals surface area contributed by atoms with Crippen LogP contribution in [0.5, 0.6) is 0 Å². The SMILES string of the molecule is CCN(CC)CCCC(C)NC(=O)c1csc(CSc2nnc(-c3cccnc3)n2-c2cccc(Cl)c2)n1. The molecule has 0 fully saturated rings. The summed E-state index contributed by atoms with van der Waals surface area (Å²) >= 11 is 9.27. The van der Waals surface area contributed by atoms with Gasteiger partial charge in [-0.15, -0.1) is 21.5 Å². The molecule has 11 heteroatoms. The number of nitrogens with zero attached hydrogens (tertiary/aromatic N) is 6. The van der Waals surface area contributed by atoms with Gasteiger partial charge in [-0.05, 0) is 69.7 Å². The number of hydrogen-bond donors (Lipinski definition) is 1. The van der Waals surface area contributed by atoms with Gasteiger partial charge in [0.2, 0.25) is 0 Å². The summed E-state index contributed by atoms with van der Waals surface area (Å²) in [6, 6.07) is 11.5. The van der Waals surface area contributed by atoms with Crippen LogP contribution in [0.1, 0.15) is 49.1 Å². The van der Waals surface area contributed by atoms with Crippen LogP contribution < -0.4 is 5.32 Å². The van der Waals surface area contributed by atoms with Gasteiger partial charge in [-0.2, -0.15) is 0 Å². The van der Waals surface area contributed by atoms with Crippen LogP contribution in [-0.4, -0.2) is 61.2 Å². The molecule has 8 nitrogen and oxygen atoms in total. The average molecular weight is 570 g/mol. The summed E-state index contributed by atoms with van der Waals surface area (Å²) in [6.45, 7) is 9.55. The van der Waals surface area contributed by atoms with Gasteiger partial charge in [0.1, 0.15) is 10.7 Å². The van der Waals surface area contributed by atoms with E-state index >= 15 is 0 Å². The van der Waals surface area contributed by atoms with Gasteiger partial charge in [0.25, 0.3) is 5.91 Å². The Hall–Kier alpha value is -2.79. The number of hydrogen-bond acceptors (Lipinski definition) is 8. The van der Waals surface area contributed by atoms with Crippen LogP contribution in [0.15, 0.2) is 59.3 Å². The maximum absolute atomic E-state index is 12.8. The van der Waals surface area contributed by atoms with E-state index in [1.807, 2.05) is 53.3 Å². The number of pyridine rings is 1. The molecule has 0 spiro atoms. The first-order valence-electron chi connectivity index (χ1n) is 12.7. The second kappa shape index (κ2) is 13.8. The number of halogens is 1. The molecular formula is C27H32ClN7OS2. The maximum atomic E-state index is 12.8. The summed E-state index contributed by atoms with van der Waals surface area (Å²) < 4.78 is 1.97. The quantitative estimate of drug-likeness (QED) is 0.198. The van der Waals surface area contributed by atoms with E-state index in [-0.39, 0.29) is 11.9 Å². The van der Waals surface area contributed by atoms with Gasteiger partial charge in [0, 0.05) is 34.4 Å². The van der Waals surface area contributed by atoms with Crippen LogP contribution in [-0.2, 0) is 5.75 Å². The zero-order chi connectivity index (χ0) is 26.9. The summed E-state index contributed by atoms with van der Waals surface area (Å²) in [5, 5.41) is 16.0. The Bertz CT molecular complexity index is 1320. The van der Waals surface area contributed by atoms with E-state index in [0.29, 0.717) is 27.5 Å². The summed E-state index contributed by atoms with van der Waals surface area (Å²) in [5.41, 5.74) is 2.16. The molecule has 0 saturated heterocycles. The van der Waals surface area contributed by atoms with Gasteiger partial charge >= 0.3 is 0 Å². The van der Waals surface area contributed by atoms with E-state index in [4.69, 9.17) is 11.6 Å². The molecule has 1 N–H and O–H groups in total. The summed E-state index contributed by atoms with van der Waals surface area (Å²) in [6.07, 6.45) is 5.47. The number of benzene rings is 1. The van der Waals surface area contributed by atoms with Crippen molar-refractivity contribution in [2.45, 2.75) is 50.6 Å². The first kappa shape index (κ1) is 28.2. The normalized spacial score (nSPS) is 12.1. The Morgan fingerprint density at radius 1 is 1.21 bits per heavy atom. The van der Waals surface area contributed by atoms with E-state index in [0.717, 1.165) is 48.7 Å². The highest BCUT2D eigenvalue weighted by atomic mass is 35.5. The van der Waals surface area contributed by atoms with E-state index in [1.54, 1.807) is 12.4 Å². The Morgan fingerprint density at radius 3 is 2.79 bits per heavy atom. The smallest absolute Gasteiger partial charge is 0.270 e. The number of thiazole rings is 1. The summed E-state index contributed by atoms with van der Waals surface area (Å²) in [5.74, 6) is 1.11. The molecule has 4 aromatic rings. The van der Waals surface area contributed by atoms with Gasteiger partial charge in [-0.1, -0.05) is 43.3 Å². The Balaban J connectivity index is 1.41. The van der Waals surface area contributed by atoms with Crippen molar-refractivity contribution in [3.8, 4) is 17.1 Å². The molecular weight excluding hydrogens is 538 g/mol. The van der Waals surface area contributed by atoms with E-state index in [2.05, 4.69) is 44.2 Å². The molecule has 4 rings (SSSR count). The highest BCUT2D eigenvalue weighted by molar-refractivity contribution is 7.98. The molecule has 0 aliphatic heterocycles. The lowest BCUT2D eigenvalue weighted by atomic mass is 10.1. The number of aromatic nitrogens is 5. The Labute approximate surface area is 236 Å². The Morgan fingerprint density at radius 2 is 2.05 bits per heavy atom. The van der Waals surface area contributed by atoms with Crippen LogP contribution in [0.3, 0.4) is 0 Å². The Kier molecular flexibility index (Phi) is 10.3. The van der Waals surface area contributed by atoms with Gasteiger partial charge in [0.15, 0.2) is 11.0 Å². The molecule has 1 amide bonds. The second-order valence-electron chi connectivity index (χ2n) is 8.82. The minimum Gasteiger partial charge on any atom is -0.348 e. The van der Waals surface area contributed by atoms with Crippen LogP contribution in [0.25, 0.3) is 17.1 Å². The number of thioether (sulfide) groups is 1. The molecule has 0 saturated carbocycles. The van der Waals surface area contributed by atoms with Gasteiger partial charge in [-0.3, -0.25) is 14.3 Å². The highest BCUT2D eigenvalue weighted by Gasteiger charge is 2.18. The predicted molar refractivity (Wildman–Crippen MR) is 155 cm³/mol. The first-order chi connectivity index (χ1) is 18.5. The van der Waals surface area contributed by atoms with Gasteiger partial charge in [0.05, 0.1) is 11.4 Å². The molecule has 3 heterocycles. The minimum atomic E-state index is -0.131. The van der Waals surface area contributed by atoms with E-state index in [9.17, 15) is 4.79 Å². The number of carbonyl (C=O) groups is 1. The molecule has 1 atom stereocenters. The number of carbonyl (C=O) groups excluding carboxylic acids is 1. The van der Waals surface area contributed by atoms with Crippen molar-refractivity contribution in [2.75, 3.05) is 19.6 Å². The standard InChI is InChI=1S/C27H32ClN7OS2/c1-4-34(5-2)14-8-9-19(3)30-26(36)23-17-37-24(31-23)18-38-27-33-32-25(20-10-7-13-29-16-20)35(27)22-12-6-11-21(28)15-22/h6-7,10-13,15-17,19H,4-5,8-9,14,18H2,1-3H3,(H,30,36). The maximum Gasteiger partial charge on any atom is 0.270 e. The topological polar surface area (TPSA) is 88.8 Å². The largest absolute Gasteiger partial charge is 0.348 e. The lowest BCUT2D eigenvalue weighted by Gasteiger charge is -2.19. The fourth-order valence-corrected chi connectivity index (χ4v) is 5.96.